The molecule has 2 amide bonds. The van der Waals surface area contributed by atoms with Crippen LogP contribution in [0.3, 0.4) is 0 Å². The number of urea groups is 1. The molecule has 0 heterocycles. The minimum absolute atomic E-state index is 0.332. The van der Waals surface area contributed by atoms with Crippen molar-refractivity contribution >= 4 is 39.5 Å². The van der Waals surface area contributed by atoms with Gasteiger partial charge in [-0.1, -0.05) is 17.7 Å². The van der Waals surface area contributed by atoms with E-state index in [0.717, 1.165) is 23.2 Å². The maximum Gasteiger partial charge on any atom is 0.502 e. The van der Waals surface area contributed by atoms with Gasteiger partial charge in [-0.25, -0.2) is 37.1 Å². The molecule has 1 rings (SSSR count). The highest BCUT2D eigenvalue weighted by Crippen LogP contribution is 2.65. The van der Waals surface area contributed by atoms with E-state index in [0.29, 0.717) is 0 Å². The molecular formula is C8H13N2O13P3S. The number of hydrogen-bond acceptors (Lipinski definition) is 9. The summed E-state index contributed by atoms with van der Waals surface area (Å²) >= 11 is 0. The lowest BCUT2D eigenvalue weighted by atomic mass is 10.2. The van der Waals surface area contributed by atoms with Crippen molar-refractivity contribution in [3.63, 3.8) is 0 Å². The topological polar surface area (TPSA) is 235 Å². The highest BCUT2D eigenvalue weighted by Gasteiger charge is 2.41. The summed E-state index contributed by atoms with van der Waals surface area (Å²) in [4.78, 5) is 45.8. The monoisotopic (exact) mass is 470 g/mol. The molecule has 0 aromatic heterocycles. The number of benzene rings is 1. The predicted octanol–water partition coefficient (Wildman–Crippen LogP) is 0.241. The Labute approximate surface area is 151 Å². The van der Waals surface area contributed by atoms with Crippen molar-refractivity contribution < 1.29 is 59.7 Å². The summed E-state index contributed by atoms with van der Waals surface area (Å²) in [5, 5.41) is 0. The number of carbonyl (C=O) groups is 1. The second kappa shape index (κ2) is 8.47. The van der Waals surface area contributed by atoms with Crippen molar-refractivity contribution in [3.05, 3.63) is 29.8 Å². The molecule has 0 spiro atoms. The van der Waals surface area contributed by atoms with Gasteiger partial charge in [0.2, 0.25) is 0 Å². The lowest BCUT2D eigenvalue weighted by molar-refractivity contribution is 0.126. The number of phosphoric acid groups is 3. The maximum atomic E-state index is 11.9. The molecule has 15 nitrogen and oxygen atoms in total. The Morgan fingerprint density at radius 3 is 1.96 bits per heavy atom. The van der Waals surface area contributed by atoms with Gasteiger partial charge in [0.05, 0.1) is 4.90 Å². The Morgan fingerprint density at radius 2 is 1.48 bits per heavy atom. The third-order valence-corrected chi connectivity index (χ3v) is 7.22. The fraction of sp³-hybridized carbons (Fsp3) is 0.125. The summed E-state index contributed by atoms with van der Waals surface area (Å²) in [5.74, 6) is 0. The fourth-order valence-electron chi connectivity index (χ4n) is 1.31. The molecule has 154 valence electrons. The van der Waals surface area contributed by atoms with Crippen LogP contribution in [0.5, 0.6) is 0 Å². The first-order valence-corrected chi connectivity index (χ1v) is 12.2. The van der Waals surface area contributed by atoms with Crippen molar-refractivity contribution in [3.8, 4) is 0 Å². The predicted molar refractivity (Wildman–Crippen MR) is 85.0 cm³/mol. The first kappa shape index (κ1) is 23.9. The molecule has 27 heavy (non-hydrogen) atoms. The van der Waals surface area contributed by atoms with Crippen LogP contribution in [-0.2, 0) is 37.0 Å². The van der Waals surface area contributed by atoms with Crippen molar-refractivity contribution in [1.29, 1.82) is 0 Å². The molecule has 0 radical (unpaired) electrons. The van der Waals surface area contributed by atoms with Gasteiger partial charge in [-0.15, -0.1) is 0 Å². The first-order chi connectivity index (χ1) is 12.0. The van der Waals surface area contributed by atoms with Gasteiger partial charge in [0.15, 0.2) is 0 Å². The molecule has 0 aliphatic rings. The third kappa shape index (κ3) is 9.06. The molecule has 2 unspecified atom stereocenters. The Hall–Kier alpha value is -1.15. The first-order valence-electron chi connectivity index (χ1n) is 6.23. The largest absolute Gasteiger partial charge is 0.502 e. The Bertz CT molecular complexity index is 939. The molecule has 19 heteroatoms. The molecule has 0 aliphatic heterocycles. The van der Waals surface area contributed by atoms with E-state index in [4.69, 9.17) is 19.6 Å². The summed E-state index contributed by atoms with van der Waals surface area (Å²) in [7, 11) is -21.4. The molecule has 0 saturated carbocycles. The number of carbonyl (C=O) groups excluding carboxylic acids is 1. The van der Waals surface area contributed by atoms with Gasteiger partial charge in [-0.05, 0) is 19.1 Å². The minimum atomic E-state index is -5.78. The third-order valence-electron chi connectivity index (χ3n) is 2.23. The SMILES string of the molecule is Cc1ccc(S(=O)(=O)NC(=O)NOP(=O)(O)OP(=O)(O)OP(=O)(O)O)cc1. The molecule has 0 bridgehead atoms. The van der Waals surface area contributed by atoms with Crippen LogP contribution < -0.4 is 10.2 Å². The molecule has 0 fully saturated rings. The lowest BCUT2D eigenvalue weighted by Crippen LogP contribution is -2.38. The Balaban J connectivity index is 2.70. The summed E-state index contributed by atoms with van der Waals surface area (Å²) < 4.78 is 68.5. The number of hydroxylamine groups is 1. The number of sulfonamides is 1. The van der Waals surface area contributed by atoms with Gasteiger partial charge < -0.3 is 19.6 Å². The van der Waals surface area contributed by atoms with Crippen LogP contribution >= 0.6 is 23.5 Å². The molecule has 2 atom stereocenters. The summed E-state index contributed by atoms with van der Waals surface area (Å²) in [5.41, 5.74) is 1.82. The second-order valence-corrected chi connectivity index (χ2v) is 10.6. The van der Waals surface area contributed by atoms with Gasteiger partial charge >= 0.3 is 29.5 Å². The van der Waals surface area contributed by atoms with Crippen LogP contribution in [-0.4, -0.2) is 34.0 Å². The van der Waals surface area contributed by atoms with Gasteiger partial charge in [-0.2, -0.15) is 13.2 Å². The Morgan fingerprint density at radius 1 is 0.963 bits per heavy atom. The quantitative estimate of drug-likeness (QED) is 0.221. The van der Waals surface area contributed by atoms with Crippen molar-refractivity contribution in [2.24, 2.45) is 0 Å². The van der Waals surface area contributed by atoms with E-state index in [1.807, 2.05) is 0 Å². The average Bonchev–Trinajstić information content (AvgIpc) is 2.41. The molecule has 1 aromatic carbocycles. The second-order valence-electron chi connectivity index (χ2n) is 4.53. The number of hydrogen-bond donors (Lipinski definition) is 6. The zero-order chi connectivity index (χ0) is 21.1. The Kier molecular flexibility index (Phi) is 7.49. The molecular weight excluding hydrogens is 457 g/mol. The van der Waals surface area contributed by atoms with E-state index in [-0.39, 0.29) is 4.90 Å². The summed E-state index contributed by atoms with van der Waals surface area (Å²) in [6.45, 7) is 1.68. The zero-order valence-corrected chi connectivity index (χ0v) is 16.5. The van der Waals surface area contributed by atoms with Gasteiger partial charge in [0, 0.05) is 0 Å². The molecule has 0 saturated heterocycles. The number of aryl methyl sites for hydroxylation is 1. The van der Waals surface area contributed by atoms with Crippen molar-refractivity contribution in [2.75, 3.05) is 0 Å². The number of nitrogens with one attached hydrogen (secondary N) is 2. The zero-order valence-electron chi connectivity index (χ0n) is 13.0. The van der Waals surface area contributed by atoms with Crippen LogP contribution in [0, 0.1) is 6.92 Å². The van der Waals surface area contributed by atoms with E-state index >= 15 is 0 Å². The molecule has 0 aliphatic carbocycles. The summed E-state index contributed by atoms with van der Waals surface area (Å²) in [6, 6.07) is 3.48. The smallest absolute Gasteiger partial charge is 0.302 e. The average molecular weight is 470 g/mol. The molecule has 6 N–H and O–H groups in total. The number of rotatable bonds is 8. The van der Waals surface area contributed by atoms with Gasteiger partial charge in [0.25, 0.3) is 10.0 Å². The minimum Gasteiger partial charge on any atom is -0.302 e. The summed E-state index contributed by atoms with van der Waals surface area (Å²) in [6.07, 6.45) is 0. The van der Waals surface area contributed by atoms with E-state index in [2.05, 4.69) is 13.2 Å². The van der Waals surface area contributed by atoms with Crippen molar-refractivity contribution in [1.82, 2.24) is 10.2 Å². The van der Waals surface area contributed by atoms with Crippen LogP contribution in [0.15, 0.2) is 29.2 Å². The van der Waals surface area contributed by atoms with E-state index in [1.54, 1.807) is 6.92 Å². The van der Waals surface area contributed by atoms with Crippen LogP contribution in [0.2, 0.25) is 0 Å². The normalized spacial score (nSPS) is 16.8. The maximum absolute atomic E-state index is 11.9. The van der Waals surface area contributed by atoms with E-state index < -0.39 is 39.5 Å². The fourth-order valence-corrected chi connectivity index (χ4v) is 5.05. The van der Waals surface area contributed by atoms with E-state index in [9.17, 15) is 26.9 Å². The number of amides is 2. The van der Waals surface area contributed by atoms with Crippen LogP contribution in [0.25, 0.3) is 0 Å². The van der Waals surface area contributed by atoms with Gasteiger partial charge in [0.1, 0.15) is 0 Å². The highest BCUT2D eigenvalue weighted by atomic mass is 32.2. The molecule has 1 aromatic rings. The van der Waals surface area contributed by atoms with Crippen LogP contribution in [0.1, 0.15) is 5.56 Å². The van der Waals surface area contributed by atoms with Crippen LogP contribution in [0.4, 0.5) is 4.79 Å². The van der Waals surface area contributed by atoms with Crippen molar-refractivity contribution in [2.45, 2.75) is 11.8 Å². The standard InChI is InChI=1S/C8H13N2O13P3S/c1-6-2-4-7(5-3-6)27(19,20)10-8(11)9-21-25(15,16)23-26(17,18)22-24(12,13)14/h2-5H,1H3,(H,15,16)(H,17,18)(H2,9,10,11)(H2,12,13,14). The lowest BCUT2D eigenvalue weighted by Gasteiger charge is -2.16. The highest BCUT2D eigenvalue weighted by molar-refractivity contribution is 7.90. The van der Waals surface area contributed by atoms with E-state index in [1.165, 1.54) is 16.9 Å². The van der Waals surface area contributed by atoms with Gasteiger partial charge in [-0.3, -0.25) is 0 Å².